The first kappa shape index (κ1) is 14.2. The molecule has 1 N–H and O–H groups in total. The lowest BCUT2D eigenvalue weighted by Gasteiger charge is -2.10. The van der Waals surface area contributed by atoms with E-state index in [1.807, 2.05) is 0 Å². The summed E-state index contributed by atoms with van der Waals surface area (Å²) >= 11 is 8.88. The van der Waals surface area contributed by atoms with Crippen molar-refractivity contribution in [1.82, 2.24) is 4.98 Å². The standard InChI is InChI=1S/C13H10BrClFNO2/c1-7(18)8-2-3-17-13(4-8)19-12-6-11(16)10(15)5-9(12)14/h2-7,18H,1H3/t7-/m0/s1. The van der Waals surface area contributed by atoms with Crippen LogP contribution in [-0.2, 0) is 0 Å². The van der Waals surface area contributed by atoms with Crippen LogP contribution < -0.4 is 4.74 Å². The van der Waals surface area contributed by atoms with Gasteiger partial charge in [-0.25, -0.2) is 9.37 Å². The summed E-state index contributed by atoms with van der Waals surface area (Å²) in [5.41, 5.74) is 0.663. The number of aliphatic hydroxyl groups excluding tert-OH is 1. The van der Waals surface area contributed by atoms with Crippen molar-refractivity contribution >= 4 is 27.5 Å². The Morgan fingerprint density at radius 2 is 2.16 bits per heavy atom. The fraction of sp³-hybridized carbons (Fsp3) is 0.154. The van der Waals surface area contributed by atoms with Gasteiger partial charge in [0.25, 0.3) is 0 Å². The van der Waals surface area contributed by atoms with Crippen LogP contribution in [0.15, 0.2) is 34.9 Å². The second-order valence-corrected chi connectivity index (χ2v) is 5.16. The van der Waals surface area contributed by atoms with Gasteiger partial charge in [-0.15, -0.1) is 0 Å². The first-order chi connectivity index (χ1) is 8.97. The molecule has 0 unspecified atom stereocenters. The molecule has 6 heteroatoms. The van der Waals surface area contributed by atoms with E-state index in [1.165, 1.54) is 18.3 Å². The van der Waals surface area contributed by atoms with Gasteiger partial charge in [0, 0.05) is 18.3 Å². The van der Waals surface area contributed by atoms with Gasteiger partial charge in [-0.3, -0.25) is 0 Å². The molecule has 0 spiro atoms. The van der Waals surface area contributed by atoms with Gasteiger partial charge in [0.1, 0.15) is 11.6 Å². The Morgan fingerprint density at radius 1 is 1.42 bits per heavy atom. The minimum atomic E-state index is -0.629. The summed E-state index contributed by atoms with van der Waals surface area (Å²) in [7, 11) is 0. The van der Waals surface area contributed by atoms with Crippen molar-refractivity contribution in [1.29, 1.82) is 0 Å². The zero-order valence-corrected chi connectivity index (χ0v) is 12.2. The van der Waals surface area contributed by atoms with Crippen molar-refractivity contribution in [2.24, 2.45) is 0 Å². The van der Waals surface area contributed by atoms with E-state index in [0.717, 1.165) is 0 Å². The van der Waals surface area contributed by atoms with Gasteiger partial charge in [-0.05, 0) is 40.5 Å². The normalized spacial score (nSPS) is 12.3. The molecular formula is C13H10BrClFNO2. The summed E-state index contributed by atoms with van der Waals surface area (Å²) in [4.78, 5) is 4.00. The second kappa shape index (κ2) is 5.86. The molecule has 100 valence electrons. The lowest BCUT2D eigenvalue weighted by molar-refractivity contribution is 0.198. The number of benzene rings is 1. The van der Waals surface area contributed by atoms with E-state index in [1.54, 1.807) is 19.1 Å². The lowest BCUT2D eigenvalue weighted by Crippen LogP contribution is -1.95. The summed E-state index contributed by atoms with van der Waals surface area (Å²) in [6.07, 6.45) is 0.883. The maximum Gasteiger partial charge on any atom is 0.219 e. The van der Waals surface area contributed by atoms with E-state index in [4.69, 9.17) is 16.3 Å². The van der Waals surface area contributed by atoms with Crippen LogP contribution in [-0.4, -0.2) is 10.1 Å². The number of aliphatic hydroxyl groups is 1. The Labute approximate surface area is 123 Å². The first-order valence-corrected chi connectivity index (χ1v) is 6.61. The van der Waals surface area contributed by atoms with Crippen molar-refractivity contribution in [3.8, 4) is 11.6 Å². The van der Waals surface area contributed by atoms with Gasteiger partial charge in [-0.2, -0.15) is 0 Å². The van der Waals surface area contributed by atoms with E-state index < -0.39 is 11.9 Å². The van der Waals surface area contributed by atoms with Crippen molar-refractivity contribution in [3.63, 3.8) is 0 Å². The maximum atomic E-state index is 13.4. The second-order valence-electron chi connectivity index (χ2n) is 3.90. The summed E-state index contributed by atoms with van der Waals surface area (Å²) < 4.78 is 19.4. The highest BCUT2D eigenvalue weighted by molar-refractivity contribution is 9.10. The van der Waals surface area contributed by atoms with Crippen LogP contribution in [0.3, 0.4) is 0 Å². The molecule has 0 aliphatic rings. The third kappa shape index (κ3) is 3.43. The van der Waals surface area contributed by atoms with Crippen LogP contribution in [0.5, 0.6) is 11.6 Å². The zero-order chi connectivity index (χ0) is 14.0. The predicted octanol–water partition coefficient (Wildman–Crippen LogP) is 4.48. The van der Waals surface area contributed by atoms with E-state index in [0.29, 0.717) is 10.0 Å². The van der Waals surface area contributed by atoms with Crippen LogP contribution in [0.2, 0.25) is 5.02 Å². The molecule has 1 atom stereocenters. The van der Waals surface area contributed by atoms with Crippen LogP contribution in [0.4, 0.5) is 4.39 Å². The molecule has 19 heavy (non-hydrogen) atoms. The Hall–Kier alpha value is -1.17. The molecular weight excluding hydrogens is 337 g/mol. The Bertz CT molecular complexity index is 607. The third-order valence-corrected chi connectivity index (χ3v) is 3.34. The SMILES string of the molecule is C[C@H](O)c1ccnc(Oc2cc(F)c(Cl)cc2Br)c1. The smallest absolute Gasteiger partial charge is 0.219 e. The van der Waals surface area contributed by atoms with Crippen molar-refractivity contribution < 1.29 is 14.2 Å². The number of aromatic nitrogens is 1. The molecule has 0 radical (unpaired) electrons. The minimum Gasteiger partial charge on any atom is -0.438 e. The highest BCUT2D eigenvalue weighted by Gasteiger charge is 2.10. The van der Waals surface area contributed by atoms with Crippen molar-refractivity contribution in [2.75, 3.05) is 0 Å². The molecule has 0 saturated carbocycles. The Balaban J connectivity index is 2.31. The van der Waals surface area contributed by atoms with E-state index >= 15 is 0 Å². The number of hydrogen-bond acceptors (Lipinski definition) is 3. The van der Waals surface area contributed by atoms with Gasteiger partial charge < -0.3 is 9.84 Å². The molecule has 0 bridgehead atoms. The average Bonchev–Trinajstić information content (AvgIpc) is 2.36. The van der Waals surface area contributed by atoms with Gasteiger partial charge in [-0.1, -0.05) is 11.6 Å². The van der Waals surface area contributed by atoms with Gasteiger partial charge in [0.2, 0.25) is 5.88 Å². The molecule has 0 amide bonds. The molecule has 1 aromatic heterocycles. The van der Waals surface area contributed by atoms with Gasteiger partial charge in [0.05, 0.1) is 15.6 Å². The predicted molar refractivity (Wildman–Crippen MR) is 74.1 cm³/mol. The zero-order valence-electron chi connectivity index (χ0n) is 9.90. The molecule has 1 aromatic carbocycles. The van der Waals surface area contributed by atoms with Crippen molar-refractivity contribution in [2.45, 2.75) is 13.0 Å². The van der Waals surface area contributed by atoms with Gasteiger partial charge in [0.15, 0.2) is 0 Å². The largest absolute Gasteiger partial charge is 0.438 e. The molecule has 2 aromatic rings. The Morgan fingerprint density at radius 3 is 2.84 bits per heavy atom. The number of rotatable bonds is 3. The van der Waals surface area contributed by atoms with Gasteiger partial charge >= 0.3 is 0 Å². The average molecular weight is 347 g/mol. The highest BCUT2D eigenvalue weighted by atomic mass is 79.9. The third-order valence-electron chi connectivity index (χ3n) is 2.43. The summed E-state index contributed by atoms with van der Waals surface area (Å²) in [5, 5.41) is 9.48. The van der Waals surface area contributed by atoms with Crippen LogP contribution in [0, 0.1) is 5.82 Å². The lowest BCUT2D eigenvalue weighted by atomic mass is 10.2. The molecule has 0 saturated heterocycles. The minimum absolute atomic E-state index is 0.00455. The quantitative estimate of drug-likeness (QED) is 0.833. The first-order valence-electron chi connectivity index (χ1n) is 5.44. The maximum absolute atomic E-state index is 13.4. The fourth-order valence-corrected chi connectivity index (χ4v) is 2.16. The van der Waals surface area contributed by atoms with Crippen LogP contribution in [0.1, 0.15) is 18.6 Å². The summed E-state index contributed by atoms with van der Waals surface area (Å²) in [6, 6.07) is 5.84. The molecule has 3 nitrogen and oxygen atoms in total. The monoisotopic (exact) mass is 345 g/mol. The highest BCUT2D eigenvalue weighted by Crippen LogP contribution is 2.33. The number of pyridine rings is 1. The van der Waals surface area contributed by atoms with E-state index in [2.05, 4.69) is 20.9 Å². The summed E-state index contributed by atoms with van der Waals surface area (Å²) in [5.74, 6) is -0.0514. The summed E-state index contributed by atoms with van der Waals surface area (Å²) in [6.45, 7) is 1.64. The number of halogens is 3. The number of hydrogen-bond donors (Lipinski definition) is 1. The molecule has 1 heterocycles. The van der Waals surface area contributed by atoms with E-state index in [-0.39, 0.29) is 16.7 Å². The molecule has 0 aliphatic carbocycles. The molecule has 2 rings (SSSR count). The number of ether oxygens (including phenoxy) is 1. The number of nitrogens with zero attached hydrogens (tertiary/aromatic N) is 1. The topological polar surface area (TPSA) is 42.4 Å². The molecule has 0 aliphatic heterocycles. The fourth-order valence-electron chi connectivity index (χ4n) is 1.44. The van der Waals surface area contributed by atoms with Crippen LogP contribution >= 0.6 is 27.5 Å². The van der Waals surface area contributed by atoms with Crippen LogP contribution in [0.25, 0.3) is 0 Å². The Kier molecular flexibility index (Phi) is 4.39. The van der Waals surface area contributed by atoms with Crippen molar-refractivity contribution in [3.05, 3.63) is 51.3 Å². The van der Waals surface area contributed by atoms with E-state index in [9.17, 15) is 9.50 Å². The molecule has 0 fully saturated rings.